The largest absolute Gasteiger partial charge is 0.370 e. The number of hydrogen-bond donors (Lipinski definition) is 0. The van der Waals surface area contributed by atoms with Crippen molar-refractivity contribution in [3.05, 3.63) is 0 Å². The lowest BCUT2D eigenvalue weighted by Gasteiger charge is -2.25. The molecule has 0 aromatic carbocycles. The van der Waals surface area contributed by atoms with E-state index in [-0.39, 0.29) is 11.9 Å². The minimum atomic E-state index is -0.163. The molecule has 3 aliphatic rings. The third-order valence-corrected chi connectivity index (χ3v) is 4.99. The molecular formula is C15H24O4. The summed E-state index contributed by atoms with van der Waals surface area (Å²) in [5, 5.41) is 0. The smallest absolute Gasteiger partial charge is 0.345 e. The van der Waals surface area contributed by atoms with E-state index in [0.29, 0.717) is 30.7 Å². The van der Waals surface area contributed by atoms with Crippen LogP contribution in [0.4, 0.5) is 0 Å². The molecule has 1 saturated heterocycles. The highest BCUT2D eigenvalue weighted by molar-refractivity contribution is 5.71. The monoisotopic (exact) mass is 268 g/mol. The van der Waals surface area contributed by atoms with E-state index in [1.807, 2.05) is 0 Å². The second-order valence-corrected chi connectivity index (χ2v) is 6.44. The van der Waals surface area contributed by atoms with Gasteiger partial charge in [-0.3, -0.25) is 4.89 Å². The normalized spacial score (nSPS) is 38.6. The Morgan fingerprint density at radius 3 is 2.68 bits per heavy atom. The van der Waals surface area contributed by atoms with E-state index >= 15 is 0 Å². The summed E-state index contributed by atoms with van der Waals surface area (Å²) >= 11 is 0. The van der Waals surface area contributed by atoms with E-state index in [1.165, 1.54) is 6.42 Å². The van der Waals surface area contributed by atoms with Gasteiger partial charge in [0.15, 0.2) is 0 Å². The zero-order valence-corrected chi connectivity index (χ0v) is 11.7. The van der Waals surface area contributed by atoms with Gasteiger partial charge >= 0.3 is 5.97 Å². The summed E-state index contributed by atoms with van der Waals surface area (Å²) in [6, 6.07) is 0. The fourth-order valence-corrected chi connectivity index (χ4v) is 3.50. The predicted molar refractivity (Wildman–Crippen MR) is 69.2 cm³/mol. The van der Waals surface area contributed by atoms with Crippen LogP contribution in [0.1, 0.15) is 51.9 Å². The fraction of sp³-hybridized carbons (Fsp3) is 0.933. The summed E-state index contributed by atoms with van der Waals surface area (Å²) in [4.78, 5) is 22.0. The highest BCUT2D eigenvalue weighted by atomic mass is 17.2. The minimum Gasteiger partial charge on any atom is -0.370 e. The third kappa shape index (κ3) is 3.29. The molecule has 2 saturated carbocycles. The van der Waals surface area contributed by atoms with Crippen LogP contribution in [0, 0.1) is 17.8 Å². The summed E-state index contributed by atoms with van der Waals surface area (Å²) in [7, 11) is 0. The molecule has 0 aromatic heterocycles. The first-order valence-corrected chi connectivity index (χ1v) is 7.73. The number of carbonyl (C=O) groups is 1. The van der Waals surface area contributed by atoms with Crippen molar-refractivity contribution < 1.29 is 19.3 Å². The number of ether oxygens (including phenoxy) is 1. The maximum Gasteiger partial charge on any atom is 0.345 e. The maximum atomic E-state index is 11.8. The first-order valence-electron chi connectivity index (χ1n) is 7.73. The molecule has 4 unspecified atom stereocenters. The summed E-state index contributed by atoms with van der Waals surface area (Å²) in [5.74, 6) is 0.956. The van der Waals surface area contributed by atoms with Crippen LogP contribution in [0.2, 0.25) is 0 Å². The molecule has 0 amide bonds. The Morgan fingerprint density at radius 1 is 1.16 bits per heavy atom. The average molecular weight is 268 g/mol. The highest BCUT2D eigenvalue weighted by Crippen LogP contribution is 2.42. The fourth-order valence-electron chi connectivity index (χ4n) is 3.50. The Morgan fingerprint density at radius 2 is 1.89 bits per heavy atom. The first kappa shape index (κ1) is 13.4. The van der Waals surface area contributed by atoms with Crippen molar-refractivity contribution in [2.24, 2.45) is 17.8 Å². The summed E-state index contributed by atoms with van der Waals surface area (Å²) < 4.78 is 5.54. The zero-order chi connectivity index (χ0) is 13.2. The van der Waals surface area contributed by atoms with Gasteiger partial charge < -0.3 is 4.74 Å². The van der Waals surface area contributed by atoms with Crippen molar-refractivity contribution in [1.82, 2.24) is 0 Å². The average Bonchev–Trinajstić information content (AvgIpc) is 3.17. The molecule has 0 spiro atoms. The van der Waals surface area contributed by atoms with Crippen LogP contribution in [-0.2, 0) is 19.3 Å². The van der Waals surface area contributed by atoms with Crippen LogP contribution in [0.25, 0.3) is 0 Å². The first-order chi connectivity index (χ1) is 9.24. The second kappa shape index (κ2) is 5.80. The lowest BCUT2D eigenvalue weighted by Crippen LogP contribution is -2.28. The Kier molecular flexibility index (Phi) is 4.08. The van der Waals surface area contributed by atoms with E-state index in [0.717, 1.165) is 38.5 Å². The van der Waals surface area contributed by atoms with Gasteiger partial charge in [-0.25, -0.2) is 4.79 Å². The lowest BCUT2D eigenvalue weighted by molar-refractivity contribution is -0.284. The van der Waals surface area contributed by atoms with Crippen LogP contribution in [0.3, 0.4) is 0 Å². The molecule has 108 valence electrons. The molecule has 1 heterocycles. The van der Waals surface area contributed by atoms with Gasteiger partial charge in [0.05, 0.1) is 24.7 Å². The van der Waals surface area contributed by atoms with Crippen LogP contribution in [0.5, 0.6) is 0 Å². The Balaban J connectivity index is 1.36. The molecule has 3 fully saturated rings. The van der Waals surface area contributed by atoms with Gasteiger partial charge in [0.1, 0.15) is 0 Å². The quantitative estimate of drug-likeness (QED) is 0.447. The van der Waals surface area contributed by atoms with Gasteiger partial charge in [0.25, 0.3) is 0 Å². The van der Waals surface area contributed by atoms with E-state index in [9.17, 15) is 4.79 Å². The van der Waals surface area contributed by atoms with Gasteiger partial charge in [0, 0.05) is 0 Å². The van der Waals surface area contributed by atoms with E-state index in [4.69, 9.17) is 14.5 Å². The SMILES string of the molecule is CC1CC2OC2CC1COOC(=O)C1CCCCC1. The van der Waals surface area contributed by atoms with Crippen molar-refractivity contribution in [2.75, 3.05) is 6.61 Å². The molecule has 3 rings (SSSR count). The maximum absolute atomic E-state index is 11.8. The number of epoxide rings is 1. The van der Waals surface area contributed by atoms with Crippen LogP contribution in [-0.4, -0.2) is 24.8 Å². The highest BCUT2D eigenvalue weighted by Gasteiger charge is 2.47. The Bertz CT molecular complexity index is 324. The lowest BCUT2D eigenvalue weighted by atomic mass is 9.81. The minimum absolute atomic E-state index is 0.0636. The van der Waals surface area contributed by atoms with Gasteiger partial charge in [0.2, 0.25) is 0 Å². The Hall–Kier alpha value is -0.610. The van der Waals surface area contributed by atoms with E-state index in [1.54, 1.807) is 0 Å². The van der Waals surface area contributed by atoms with Crippen LogP contribution >= 0.6 is 0 Å². The summed E-state index contributed by atoms with van der Waals surface area (Å²) in [6.07, 6.45) is 8.54. The number of rotatable bonds is 4. The van der Waals surface area contributed by atoms with E-state index < -0.39 is 0 Å². The molecule has 4 heteroatoms. The van der Waals surface area contributed by atoms with Gasteiger partial charge in [-0.1, -0.05) is 26.2 Å². The van der Waals surface area contributed by atoms with Gasteiger partial charge in [-0.2, -0.15) is 4.89 Å². The summed E-state index contributed by atoms with van der Waals surface area (Å²) in [6.45, 7) is 2.75. The van der Waals surface area contributed by atoms with E-state index in [2.05, 4.69) is 6.92 Å². The molecule has 0 radical (unpaired) electrons. The van der Waals surface area contributed by atoms with Gasteiger partial charge in [-0.15, -0.1) is 0 Å². The molecule has 4 nitrogen and oxygen atoms in total. The third-order valence-electron chi connectivity index (χ3n) is 4.99. The number of fused-ring (bicyclic) bond motifs is 1. The van der Waals surface area contributed by atoms with Crippen LogP contribution < -0.4 is 0 Å². The van der Waals surface area contributed by atoms with Gasteiger partial charge in [-0.05, 0) is 37.5 Å². The molecular weight excluding hydrogens is 244 g/mol. The molecule has 2 aliphatic carbocycles. The molecule has 1 aliphatic heterocycles. The molecule has 19 heavy (non-hydrogen) atoms. The van der Waals surface area contributed by atoms with Crippen molar-refractivity contribution in [3.8, 4) is 0 Å². The van der Waals surface area contributed by atoms with Crippen LogP contribution in [0.15, 0.2) is 0 Å². The van der Waals surface area contributed by atoms with Crippen molar-refractivity contribution in [1.29, 1.82) is 0 Å². The Labute approximate surface area is 114 Å². The number of hydrogen-bond acceptors (Lipinski definition) is 4. The zero-order valence-electron chi connectivity index (χ0n) is 11.7. The molecule has 0 aromatic rings. The van der Waals surface area contributed by atoms with Crippen molar-refractivity contribution in [3.63, 3.8) is 0 Å². The molecule has 0 bridgehead atoms. The standard InChI is InChI=1S/C15H24O4/c1-10-7-13-14(18-13)8-12(10)9-17-19-15(16)11-5-3-2-4-6-11/h10-14H,2-9H2,1H3. The van der Waals surface area contributed by atoms with Crippen molar-refractivity contribution >= 4 is 5.97 Å². The topological polar surface area (TPSA) is 48.1 Å². The molecule has 4 atom stereocenters. The second-order valence-electron chi connectivity index (χ2n) is 6.44. The summed E-state index contributed by atoms with van der Waals surface area (Å²) in [5.41, 5.74) is 0. The van der Waals surface area contributed by atoms with Crippen molar-refractivity contribution in [2.45, 2.75) is 64.1 Å². The number of carbonyl (C=O) groups excluding carboxylic acids is 1. The predicted octanol–water partition coefficient (Wildman–Crippen LogP) is 2.86. The molecule has 0 N–H and O–H groups in total.